The van der Waals surface area contributed by atoms with Crippen LogP contribution in [0, 0.1) is 13.8 Å². The van der Waals surface area contributed by atoms with Gasteiger partial charge in [-0.3, -0.25) is 24.3 Å². The number of rotatable bonds is 4. The zero-order valence-electron chi connectivity index (χ0n) is 20.7. The van der Waals surface area contributed by atoms with Crippen LogP contribution in [0.25, 0.3) is 33.6 Å². The zero-order chi connectivity index (χ0) is 26.6. The molecule has 0 spiro atoms. The number of aryl methyl sites for hydroxylation is 2. The van der Waals surface area contributed by atoms with Crippen molar-refractivity contribution >= 4 is 54.7 Å². The molecule has 1 saturated heterocycles. The standard InChI is InChI=1S/C27H23N7O3Si/c1-14-6-3-4-9-19(14)34-17(10-16-8-5-7-15(2)21(16)26(34)36)12-33-24-22(23(28)29-13-30-24)18(32-33)11-20-25(35)31-27(37)38-20/h3-11,13H,12,38H2,1-2H3,(H2,28,29,30)(H,31,35,37)/b20-11+. The Morgan fingerprint density at radius 1 is 1.00 bits per heavy atom. The van der Waals surface area contributed by atoms with E-state index in [1.807, 2.05) is 62.4 Å². The molecule has 10 nitrogen and oxygen atoms in total. The SMILES string of the molecule is Cc1ccccc1-n1c(Cn2nc(/C=C3/[SiH2]C(=O)NC3=O)c3c(N)ncnc32)cc2cccc(C)c2c1=O. The summed E-state index contributed by atoms with van der Waals surface area (Å²) in [6.07, 6.45) is 2.95. The summed E-state index contributed by atoms with van der Waals surface area (Å²) in [5.74, 6) is -0.192. The summed E-state index contributed by atoms with van der Waals surface area (Å²) < 4.78 is 3.37. The number of imide groups is 1. The van der Waals surface area contributed by atoms with Gasteiger partial charge in [-0.15, -0.1) is 0 Å². The summed E-state index contributed by atoms with van der Waals surface area (Å²) in [5.41, 5.74) is 10.1. The Hall–Kier alpha value is -4.90. The van der Waals surface area contributed by atoms with Crippen molar-refractivity contribution in [3.05, 3.63) is 92.9 Å². The molecular formula is C27H23N7O3Si. The average molecular weight is 522 g/mol. The zero-order valence-corrected chi connectivity index (χ0v) is 22.1. The highest BCUT2D eigenvalue weighted by Gasteiger charge is 2.26. The maximum atomic E-state index is 13.9. The number of nitrogens with two attached hydrogens (primary N) is 1. The molecule has 38 heavy (non-hydrogen) atoms. The lowest BCUT2D eigenvalue weighted by atomic mass is 10.1. The van der Waals surface area contributed by atoms with Gasteiger partial charge in [0.05, 0.1) is 28.7 Å². The molecule has 5 aromatic rings. The van der Waals surface area contributed by atoms with E-state index in [2.05, 4.69) is 15.3 Å². The minimum absolute atomic E-state index is 0.120. The largest absolute Gasteiger partial charge is 0.383 e. The number of aromatic nitrogens is 5. The van der Waals surface area contributed by atoms with E-state index >= 15 is 0 Å². The lowest BCUT2D eigenvalue weighted by Gasteiger charge is -2.17. The number of amides is 2. The van der Waals surface area contributed by atoms with Crippen LogP contribution in [-0.4, -0.2) is 45.3 Å². The van der Waals surface area contributed by atoms with Crippen molar-refractivity contribution in [1.29, 1.82) is 0 Å². The summed E-state index contributed by atoms with van der Waals surface area (Å²) in [6, 6.07) is 15.5. The third-order valence-corrected chi connectivity index (χ3v) is 8.20. The highest BCUT2D eigenvalue weighted by atomic mass is 28.2. The molecule has 188 valence electrons. The second kappa shape index (κ2) is 8.89. The van der Waals surface area contributed by atoms with Crippen molar-refractivity contribution in [3.8, 4) is 5.69 Å². The van der Waals surface area contributed by atoms with Crippen LogP contribution in [0.1, 0.15) is 22.5 Å². The number of benzene rings is 2. The second-order valence-corrected chi connectivity index (χ2v) is 11.1. The van der Waals surface area contributed by atoms with E-state index in [1.54, 1.807) is 15.3 Å². The Morgan fingerprint density at radius 3 is 2.55 bits per heavy atom. The van der Waals surface area contributed by atoms with Crippen molar-refractivity contribution in [1.82, 2.24) is 29.6 Å². The molecular weight excluding hydrogens is 498 g/mol. The monoisotopic (exact) mass is 521 g/mol. The van der Waals surface area contributed by atoms with Gasteiger partial charge in [-0.25, -0.2) is 14.6 Å². The number of para-hydroxylation sites is 1. The van der Waals surface area contributed by atoms with Gasteiger partial charge in [0.1, 0.15) is 12.1 Å². The van der Waals surface area contributed by atoms with Crippen LogP contribution in [0.3, 0.4) is 0 Å². The van der Waals surface area contributed by atoms with Gasteiger partial charge in [-0.05, 0) is 48.6 Å². The molecule has 0 aliphatic carbocycles. The van der Waals surface area contributed by atoms with Crippen LogP contribution in [0.5, 0.6) is 0 Å². The maximum Gasteiger partial charge on any atom is 0.263 e. The van der Waals surface area contributed by atoms with Crippen LogP contribution in [0.2, 0.25) is 0 Å². The lowest BCUT2D eigenvalue weighted by Crippen LogP contribution is -2.25. The molecule has 0 bridgehead atoms. The number of nitrogens with one attached hydrogen (secondary N) is 1. The van der Waals surface area contributed by atoms with Crippen LogP contribution in [0.4, 0.5) is 10.6 Å². The quantitative estimate of drug-likeness (QED) is 0.273. The van der Waals surface area contributed by atoms with E-state index in [-0.39, 0.29) is 23.5 Å². The minimum Gasteiger partial charge on any atom is -0.383 e. The topological polar surface area (TPSA) is 138 Å². The highest BCUT2D eigenvalue weighted by Crippen LogP contribution is 2.26. The summed E-state index contributed by atoms with van der Waals surface area (Å²) in [7, 11) is -1.43. The first-order valence-corrected chi connectivity index (χ1v) is 13.4. The Labute approximate surface area is 218 Å². The second-order valence-electron chi connectivity index (χ2n) is 9.33. The Bertz CT molecular complexity index is 1900. The molecule has 11 heteroatoms. The van der Waals surface area contributed by atoms with Crippen LogP contribution >= 0.6 is 0 Å². The lowest BCUT2D eigenvalue weighted by molar-refractivity contribution is -0.115. The molecule has 1 fully saturated rings. The molecule has 4 heterocycles. The molecule has 6 rings (SSSR count). The van der Waals surface area contributed by atoms with E-state index in [0.717, 1.165) is 22.2 Å². The van der Waals surface area contributed by atoms with E-state index < -0.39 is 15.4 Å². The molecule has 0 atom stereocenters. The Balaban J connectivity index is 1.59. The Morgan fingerprint density at radius 2 is 1.79 bits per heavy atom. The predicted octanol–water partition coefficient (Wildman–Crippen LogP) is 2.14. The fourth-order valence-electron chi connectivity index (χ4n) is 4.99. The van der Waals surface area contributed by atoms with Gasteiger partial charge >= 0.3 is 0 Å². The maximum absolute atomic E-state index is 13.9. The minimum atomic E-state index is -1.43. The van der Waals surface area contributed by atoms with Crippen molar-refractivity contribution in [3.63, 3.8) is 0 Å². The van der Waals surface area contributed by atoms with Crippen LogP contribution in [0.15, 0.2) is 64.8 Å². The number of nitrogens with zero attached hydrogens (tertiary/aromatic N) is 5. The number of fused-ring (bicyclic) bond motifs is 2. The molecule has 0 saturated carbocycles. The van der Waals surface area contributed by atoms with Gasteiger partial charge in [-0.2, -0.15) is 5.10 Å². The van der Waals surface area contributed by atoms with Crippen molar-refractivity contribution < 1.29 is 9.59 Å². The third kappa shape index (κ3) is 3.80. The van der Waals surface area contributed by atoms with E-state index in [4.69, 9.17) is 10.8 Å². The van der Waals surface area contributed by atoms with E-state index in [1.165, 1.54) is 6.33 Å². The number of carbonyl (C=O) groups excluding carboxylic acids is 2. The first-order valence-electron chi connectivity index (χ1n) is 12.0. The number of pyridine rings is 1. The Kier molecular flexibility index (Phi) is 5.49. The van der Waals surface area contributed by atoms with E-state index in [0.29, 0.717) is 33.0 Å². The third-order valence-electron chi connectivity index (χ3n) is 6.79. The van der Waals surface area contributed by atoms with Crippen molar-refractivity contribution in [2.45, 2.75) is 20.4 Å². The van der Waals surface area contributed by atoms with Gasteiger partial charge < -0.3 is 5.73 Å². The summed E-state index contributed by atoms with van der Waals surface area (Å²) in [6.45, 7) is 4.10. The smallest absolute Gasteiger partial charge is 0.263 e. The molecule has 3 aromatic heterocycles. The van der Waals surface area contributed by atoms with Gasteiger partial charge in [0.15, 0.2) is 20.7 Å². The first kappa shape index (κ1) is 23.5. The van der Waals surface area contributed by atoms with Gasteiger partial charge in [0.25, 0.3) is 5.56 Å². The number of hydrogen-bond acceptors (Lipinski definition) is 7. The van der Waals surface area contributed by atoms with Gasteiger partial charge in [0, 0.05) is 10.9 Å². The molecule has 0 unspecified atom stereocenters. The normalized spacial score (nSPS) is 15.3. The van der Waals surface area contributed by atoms with E-state index in [9.17, 15) is 14.4 Å². The first-order chi connectivity index (χ1) is 18.3. The molecule has 1 aliphatic heterocycles. The highest BCUT2D eigenvalue weighted by molar-refractivity contribution is 6.88. The number of nitrogen functional groups attached to an aromatic ring is 1. The molecule has 2 amide bonds. The fourth-order valence-corrected chi connectivity index (χ4v) is 6.13. The van der Waals surface area contributed by atoms with Crippen LogP contribution in [-0.2, 0) is 11.3 Å². The van der Waals surface area contributed by atoms with Crippen molar-refractivity contribution in [2.75, 3.05) is 5.73 Å². The molecule has 1 aliphatic rings. The molecule has 0 radical (unpaired) electrons. The number of hydrogen-bond donors (Lipinski definition) is 2. The molecule has 3 N–H and O–H groups in total. The number of carbonyl (C=O) groups is 2. The van der Waals surface area contributed by atoms with Crippen LogP contribution < -0.4 is 16.6 Å². The molecule has 2 aromatic carbocycles. The average Bonchev–Trinajstić information content (AvgIpc) is 3.39. The predicted molar refractivity (Wildman–Crippen MR) is 148 cm³/mol. The van der Waals surface area contributed by atoms with Gasteiger partial charge in [0.2, 0.25) is 5.91 Å². The summed E-state index contributed by atoms with van der Waals surface area (Å²) in [5, 5.41) is 9.45. The number of anilines is 1. The van der Waals surface area contributed by atoms with Gasteiger partial charge in [-0.1, -0.05) is 36.4 Å². The summed E-state index contributed by atoms with van der Waals surface area (Å²) in [4.78, 5) is 46.5. The van der Waals surface area contributed by atoms with Crippen molar-refractivity contribution in [2.24, 2.45) is 0 Å². The fraction of sp³-hybridized carbons (Fsp3) is 0.111. The summed E-state index contributed by atoms with van der Waals surface area (Å²) >= 11 is 0.